The number of anilines is 1. The molecule has 0 unspecified atom stereocenters. The first-order chi connectivity index (χ1) is 17.7. The van der Waals surface area contributed by atoms with Crippen molar-refractivity contribution >= 4 is 11.7 Å². The highest BCUT2D eigenvalue weighted by Crippen LogP contribution is 2.44. The van der Waals surface area contributed by atoms with E-state index in [1.54, 1.807) is 12.1 Å². The van der Waals surface area contributed by atoms with Crippen LogP contribution in [0.5, 0.6) is 0 Å². The van der Waals surface area contributed by atoms with E-state index in [0.29, 0.717) is 48.2 Å². The first-order valence-corrected chi connectivity index (χ1v) is 13.0. The molecule has 8 heteroatoms. The zero-order valence-electron chi connectivity index (χ0n) is 22.0. The largest absolute Gasteiger partial charge is 0.355 e. The van der Waals surface area contributed by atoms with Crippen LogP contribution in [0.15, 0.2) is 36.9 Å². The maximum Gasteiger partial charge on any atom is 0.245 e. The molecule has 1 atom stereocenters. The van der Waals surface area contributed by atoms with Gasteiger partial charge in [0.25, 0.3) is 0 Å². The fourth-order valence-corrected chi connectivity index (χ4v) is 6.32. The van der Waals surface area contributed by atoms with Gasteiger partial charge < -0.3 is 14.7 Å². The number of aromatic nitrogens is 1. The molecule has 0 aliphatic carbocycles. The summed E-state index contributed by atoms with van der Waals surface area (Å²) in [5.41, 5.74) is 3.54. The third-order valence-electron chi connectivity index (χ3n) is 8.15. The van der Waals surface area contributed by atoms with Gasteiger partial charge in [0.1, 0.15) is 23.3 Å². The molecule has 3 aliphatic rings. The zero-order chi connectivity index (χ0) is 26.3. The fraction of sp³-hybridized carbons (Fsp3) is 0.483. The van der Waals surface area contributed by atoms with Crippen LogP contribution >= 0.6 is 0 Å². The second kappa shape index (κ2) is 9.88. The van der Waals surface area contributed by atoms with E-state index in [9.17, 15) is 10.1 Å². The first kappa shape index (κ1) is 25.4. The van der Waals surface area contributed by atoms with Gasteiger partial charge in [-0.05, 0) is 51.6 Å². The Morgan fingerprint density at radius 3 is 2.73 bits per heavy atom. The third-order valence-corrected chi connectivity index (χ3v) is 8.15. The number of hydrogen-bond acceptors (Lipinski definition) is 6. The Balaban J connectivity index is 1.54. The second-order valence-electron chi connectivity index (χ2n) is 11.1. The van der Waals surface area contributed by atoms with E-state index in [0.717, 1.165) is 50.3 Å². The van der Waals surface area contributed by atoms with Crippen LogP contribution in [0, 0.1) is 22.6 Å². The number of halogens is 1. The molecule has 7 nitrogen and oxygen atoms in total. The van der Waals surface area contributed by atoms with Crippen molar-refractivity contribution in [3.8, 4) is 17.2 Å². The normalized spacial score (nSPS) is 19.5. The smallest absolute Gasteiger partial charge is 0.245 e. The molecule has 2 aromatic rings. The van der Waals surface area contributed by atoms with Gasteiger partial charge in [0.15, 0.2) is 0 Å². The molecule has 0 saturated carbocycles. The fourth-order valence-electron chi connectivity index (χ4n) is 6.32. The number of likely N-dealkylation sites (tertiary alicyclic amines) is 1. The quantitative estimate of drug-likeness (QED) is 0.565. The molecular formula is C29H35FN6O. The predicted molar refractivity (Wildman–Crippen MR) is 143 cm³/mol. The highest BCUT2D eigenvalue weighted by atomic mass is 19.1. The average molecular weight is 503 g/mol. The number of fused-ring (bicyclic) bond motifs is 1. The van der Waals surface area contributed by atoms with Crippen molar-refractivity contribution in [2.45, 2.75) is 32.4 Å². The molecule has 0 radical (unpaired) electrons. The summed E-state index contributed by atoms with van der Waals surface area (Å²) in [5.74, 6) is 0.284. The number of pyridine rings is 1. The maximum absolute atomic E-state index is 15.2. The van der Waals surface area contributed by atoms with Crippen molar-refractivity contribution in [2.24, 2.45) is 5.41 Å². The summed E-state index contributed by atoms with van der Waals surface area (Å²) in [4.78, 5) is 25.8. The Labute approximate surface area is 218 Å². The van der Waals surface area contributed by atoms with Crippen LogP contribution < -0.4 is 4.90 Å². The summed E-state index contributed by atoms with van der Waals surface area (Å²) in [6.07, 6.45) is 3.02. The lowest BCUT2D eigenvalue weighted by atomic mass is 9.79. The highest BCUT2D eigenvalue weighted by molar-refractivity contribution is 5.88. The molecule has 2 fully saturated rings. The summed E-state index contributed by atoms with van der Waals surface area (Å²) >= 11 is 0. The number of amides is 1. The van der Waals surface area contributed by atoms with Gasteiger partial charge in [-0.2, -0.15) is 5.26 Å². The van der Waals surface area contributed by atoms with Crippen LogP contribution in [0.25, 0.3) is 11.1 Å². The third kappa shape index (κ3) is 4.62. The molecule has 5 rings (SSSR count). The number of nitrogens with zero attached hydrogens (tertiary/aromatic N) is 6. The number of rotatable bonds is 6. The van der Waals surface area contributed by atoms with Gasteiger partial charge in [-0.3, -0.25) is 9.69 Å². The van der Waals surface area contributed by atoms with Crippen LogP contribution in [0.4, 0.5) is 10.2 Å². The number of carbonyl (C=O) groups excluding carboxylic acids is 1. The Hall–Kier alpha value is -3.28. The average Bonchev–Trinajstić information content (AvgIpc) is 3.32. The number of hydrogen-bond donors (Lipinski definition) is 0. The van der Waals surface area contributed by atoms with Crippen LogP contribution in [0.2, 0.25) is 0 Å². The molecule has 194 valence electrons. The van der Waals surface area contributed by atoms with Crippen LogP contribution in [0.3, 0.4) is 0 Å². The summed E-state index contributed by atoms with van der Waals surface area (Å²) in [6, 6.07) is 9.49. The van der Waals surface area contributed by atoms with E-state index in [2.05, 4.69) is 48.4 Å². The lowest BCUT2D eigenvalue weighted by Crippen LogP contribution is -2.59. The SMILES string of the molecule is C=CC(=O)N1CC2(CCN(c3nc4c(c(-c5ccccc5F)c3C#N)CCN([C@H](C)CN(C)C)C4)C2)C1. The Kier molecular flexibility index (Phi) is 6.78. The molecular weight excluding hydrogens is 467 g/mol. The van der Waals surface area contributed by atoms with Gasteiger partial charge in [-0.15, -0.1) is 0 Å². The molecule has 4 heterocycles. The van der Waals surface area contributed by atoms with Gasteiger partial charge in [-0.25, -0.2) is 9.37 Å². The standard InChI is InChI=1S/C29H35FN6O/c1-5-26(37)36-18-29(19-36)11-13-35(17-29)28-23(14-31)27(21-8-6-7-9-24(21)30)22-10-12-34(16-25(22)32-28)20(2)15-33(3)4/h5-9,20H,1,10-13,15-19H2,2-4H3/t20-/m1/s1. The van der Waals surface area contributed by atoms with Crippen LogP contribution in [0.1, 0.15) is 30.2 Å². The molecule has 3 aliphatic heterocycles. The molecule has 1 aromatic heterocycles. The Morgan fingerprint density at radius 1 is 1.30 bits per heavy atom. The second-order valence-corrected chi connectivity index (χ2v) is 11.1. The van der Waals surface area contributed by atoms with Gasteiger partial charge in [0.05, 0.1) is 5.69 Å². The minimum atomic E-state index is -0.322. The van der Waals surface area contributed by atoms with E-state index in [-0.39, 0.29) is 17.1 Å². The van der Waals surface area contributed by atoms with E-state index in [1.807, 2.05) is 11.0 Å². The van der Waals surface area contributed by atoms with E-state index >= 15 is 4.39 Å². The summed E-state index contributed by atoms with van der Waals surface area (Å²) in [7, 11) is 4.15. The predicted octanol–water partition coefficient (Wildman–Crippen LogP) is 3.29. The monoisotopic (exact) mass is 502 g/mol. The van der Waals surface area contributed by atoms with Gasteiger partial charge in [0, 0.05) is 68.4 Å². The first-order valence-electron chi connectivity index (χ1n) is 13.0. The molecule has 1 amide bonds. The van der Waals surface area contributed by atoms with E-state index < -0.39 is 0 Å². The van der Waals surface area contributed by atoms with Crippen molar-refractivity contribution in [3.63, 3.8) is 0 Å². The summed E-state index contributed by atoms with van der Waals surface area (Å²) < 4.78 is 15.2. The lowest BCUT2D eigenvalue weighted by molar-refractivity contribution is -0.136. The molecule has 37 heavy (non-hydrogen) atoms. The minimum absolute atomic E-state index is 0.00734. The van der Waals surface area contributed by atoms with Crippen LogP contribution in [-0.2, 0) is 17.8 Å². The van der Waals surface area contributed by atoms with Gasteiger partial charge >= 0.3 is 0 Å². The van der Waals surface area contributed by atoms with Gasteiger partial charge in [0.2, 0.25) is 5.91 Å². The van der Waals surface area contributed by atoms with Crippen molar-refractivity contribution in [1.29, 1.82) is 5.26 Å². The molecule has 1 aromatic carbocycles. The van der Waals surface area contributed by atoms with Crippen molar-refractivity contribution < 1.29 is 9.18 Å². The molecule has 0 bridgehead atoms. The Bertz CT molecular complexity index is 1260. The molecule has 0 N–H and O–H groups in total. The number of benzene rings is 1. The molecule has 2 saturated heterocycles. The zero-order valence-corrected chi connectivity index (χ0v) is 22.0. The van der Waals surface area contributed by atoms with Crippen molar-refractivity contribution in [3.05, 3.63) is 59.6 Å². The number of nitriles is 1. The van der Waals surface area contributed by atoms with Crippen molar-refractivity contribution in [1.82, 2.24) is 19.7 Å². The van der Waals surface area contributed by atoms with E-state index in [1.165, 1.54) is 12.1 Å². The minimum Gasteiger partial charge on any atom is -0.355 e. The highest BCUT2D eigenvalue weighted by Gasteiger charge is 2.49. The van der Waals surface area contributed by atoms with Crippen LogP contribution in [-0.4, -0.2) is 85.0 Å². The summed E-state index contributed by atoms with van der Waals surface area (Å²) in [6.45, 7) is 11.1. The summed E-state index contributed by atoms with van der Waals surface area (Å²) in [5, 5.41) is 10.4. The molecule has 1 spiro atoms. The van der Waals surface area contributed by atoms with Crippen molar-refractivity contribution in [2.75, 3.05) is 58.3 Å². The van der Waals surface area contributed by atoms with Gasteiger partial charge in [-0.1, -0.05) is 24.8 Å². The Morgan fingerprint density at radius 2 is 2.05 bits per heavy atom. The lowest BCUT2D eigenvalue weighted by Gasteiger charge is -2.47. The van der Waals surface area contributed by atoms with E-state index in [4.69, 9.17) is 4.98 Å². The maximum atomic E-state index is 15.2. The number of likely N-dealkylation sites (N-methyl/N-ethyl adjacent to an activating group) is 1. The topological polar surface area (TPSA) is 66.7 Å². The number of carbonyl (C=O) groups is 1.